The van der Waals surface area contributed by atoms with E-state index in [-0.39, 0.29) is 23.5 Å². The van der Waals surface area contributed by atoms with E-state index in [9.17, 15) is 9.59 Å². The van der Waals surface area contributed by atoms with Crippen molar-refractivity contribution in [2.24, 2.45) is 0 Å². The molecule has 7 heteroatoms. The van der Waals surface area contributed by atoms with E-state index < -0.39 is 0 Å². The van der Waals surface area contributed by atoms with Gasteiger partial charge in [0.25, 0.3) is 5.56 Å². The summed E-state index contributed by atoms with van der Waals surface area (Å²) in [5, 5.41) is 3.10. The van der Waals surface area contributed by atoms with Gasteiger partial charge in [0, 0.05) is 49.4 Å². The number of ether oxygens (including phenoxy) is 1. The minimum absolute atomic E-state index is 0.0824. The van der Waals surface area contributed by atoms with Crippen LogP contribution in [-0.2, 0) is 16.0 Å². The van der Waals surface area contributed by atoms with E-state index in [0.717, 1.165) is 67.9 Å². The van der Waals surface area contributed by atoms with Crippen LogP contribution >= 0.6 is 0 Å². The monoisotopic (exact) mass is 372 g/mol. The van der Waals surface area contributed by atoms with Gasteiger partial charge < -0.3 is 9.64 Å². The summed E-state index contributed by atoms with van der Waals surface area (Å²) < 4.78 is 7.14. The van der Waals surface area contributed by atoms with Gasteiger partial charge in [0.15, 0.2) is 5.65 Å². The molecule has 2 aromatic rings. The molecule has 2 saturated heterocycles. The number of nitrogens with one attached hydrogen (secondary N) is 1. The van der Waals surface area contributed by atoms with Crippen LogP contribution in [0.2, 0.25) is 0 Å². The Morgan fingerprint density at radius 1 is 1.41 bits per heavy atom. The molecular weight excluding hydrogens is 344 g/mol. The second kappa shape index (κ2) is 7.46. The van der Waals surface area contributed by atoms with Crippen molar-refractivity contribution in [3.63, 3.8) is 0 Å². The van der Waals surface area contributed by atoms with Crippen molar-refractivity contribution in [1.29, 1.82) is 0 Å². The van der Waals surface area contributed by atoms with Gasteiger partial charge in [-0.3, -0.25) is 14.7 Å². The average molecular weight is 372 g/mol. The van der Waals surface area contributed by atoms with Crippen LogP contribution in [-0.4, -0.2) is 51.2 Å². The van der Waals surface area contributed by atoms with Gasteiger partial charge in [-0.1, -0.05) is 6.92 Å². The first-order valence-corrected chi connectivity index (χ1v) is 10.1. The summed E-state index contributed by atoms with van der Waals surface area (Å²) in [5.74, 6) is 0.326. The number of carbonyl (C=O) groups excluding carboxylic acids is 1. The first-order valence-electron chi connectivity index (χ1n) is 10.1. The zero-order chi connectivity index (χ0) is 19.0. The number of hydrogen-bond donors (Lipinski definition) is 1. The van der Waals surface area contributed by atoms with E-state index in [0.29, 0.717) is 13.0 Å². The molecular formula is C20H28N4O3. The highest BCUT2D eigenvalue weighted by atomic mass is 16.5. The summed E-state index contributed by atoms with van der Waals surface area (Å²) in [6.07, 6.45) is 5.47. The van der Waals surface area contributed by atoms with E-state index >= 15 is 0 Å². The molecule has 4 heterocycles. The van der Waals surface area contributed by atoms with Gasteiger partial charge >= 0.3 is 0 Å². The standard InChI is InChI=1S/C20H28N4O3/c1-3-16-13(2)22-24-19(26)11-17(21-20(16)24)14-8-9-23(12-14)18(25)7-6-15-5-4-10-27-15/h11,14-15,22H,3-10,12H2,1-2H3/t14-,15-/m0/s1. The maximum atomic E-state index is 12.5. The van der Waals surface area contributed by atoms with Gasteiger partial charge in [0.2, 0.25) is 5.91 Å². The molecule has 2 aliphatic rings. The molecule has 0 aliphatic carbocycles. The van der Waals surface area contributed by atoms with Crippen molar-refractivity contribution in [3.05, 3.63) is 33.4 Å². The van der Waals surface area contributed by atoms with Crippen LogP contribution in [0.5, 0.6) is 0 Å². The van der Waals surface area contributed by atoms with Crippen molar-refractivity contribution in [3.8, 4) is 0 Å². The van der Waals surface area contributed by atoms with Crippen LogP contribution in [0.4, 0.5) is 0 Å². The molecule has 146 valence electrons. The highest BCUT2D eigenvalue weighted by Crippen LogP contribution is 2.27. The van der Waals surface area contributed by atoms with Crippen molar-refractivity contribution >= 4 is 11.6 Å². The van der Waals surface area contributed by atoms with Gasteiger partial charge in [0.1, 0.15) is 0 Å². The van der Waals surface area contributed by atoms with Crippen molar-refractivity contribution in [2.75, 3.05) is 19.7 Å². The van der Waals surface area contributed by atoms with Gasteiger partial charge in [-0.25, -0.2) is 9.50 Å². The van der Waals surface area contributed by atoms with Crippen molar-refractivity contribution in [2.45, 2.75) is 64.4 Å². The van der Waals surface area contributed by atoms with Crippen LogP contribution in [0.1, 0.15) is 61.9 Å². The number of likely N-dealkylation sites (tertiary alicyclic amines) is 1. The summed E-state index contributed by atoms with van der Waals surface area (Å²) in [7, 11) is 0. The molecule has 2 fully saturated rings. The molecule has 0 aromatic carbocycles. The first-order chi connectivity index (χ1) is 13.1. The molecule has 0 saturated carbocycles. The number of aromatic amines is 1. The third-order valence-electron chi connectivity index (χ3n) is 5.96. The number of hydrogen-bond acceptors (Lipinski definition) is 4. The number of nitrogens with zero attached hydrogens (tertiary/aromatic N) is 3. The quantitative estimate of drug-likeness (QED) is 0.872. The minimum Gasteiger partial charge on any atom is -0.378 e. The molecule has 0 bridgehead atoms. The van der Waals surface area contributed by atoms with Crippen LogP contribution in [0.3, 0.4) is 0 Å². The SMILES string of the molecule is CCc1c(C)[nH]n2c(=O)cc([C@H]3CCN(C(=O)CC[C@@H]4CCCO4)C3)nc12. The Balaban J connectivity index is 1.46. The Hall–Kier alpha value is -2.15. The lowest BCUT2D eigenvalue weighted by Crippen LogP contribution is -2.29. The maximum absolute atomic E-state index is 12.5. The Morgan fingerprint density at radius 3 is 3.00 bits per heavy atom. The molecule has 0 unspecified atom stereocenters. The first kappa shape index (κ1) is 18.2. The van der Waals surface area contributed by atoms with Gasteiger partial charge in [-0.2, -0.15) is 0 Å². The molecule has 0 radical (unpaired) electrons. The van der Waals surface area contributed by atoms with E-state index in [4.69, 9.17) is 9.72 Å². The lowest BCUT2D eigenvalue weighted by atomic mass is 10.0. The predicted octanol–water partition coefficient (Wildman–Crippen LogP) is 2.17. The van der Waals surface area contributed by atoms with Gasteiger partial charge in [-0.15, -0.1) is 0 Å². The van der Waals surface area contributed by atoms with Gasteiger partial charge in [-0.05, 0) is 39.0 Å². The van der Waals surface area contributed by atoms with E-state index in [2.05, 4.69) is 12.0 Å². The number of H-pyrrole nitrogens is 1. The van der Waals surface area contributed by atoms with Gasteiger partial charge in [0.05, 0.1) is 11.8 Å². The normalized spacial score (nSPS) is 22.8. The molecule has 4 rings (SSSR count). The molecule has 1 amide bonds. The second-order valence-corrected chi connectivity index (χ2v) is 7.75. The summed E-state index contributed by atoms with van der Waals surface area (Å²) in [5.41, 5.74) is 3.51. The molecule has 1 N–H and O–H groups in total. The molecule has 2 aliphatic heterocycles. The predicted molar refractivity (Wildman–Crippen MR) is 102 cm³/mol. The number of carbonyl (C=O) groups is 1. The minimum atomic E-state index is -0.0824. The van der Waals surface area contributed by atoms with E-state index in [1.807, 2.05) is 11.8 Å². The number of aromatic nitrogens is 3. The van der Waals surface area contributed by atoms with Crippen molar-refractivity contribution < 1.29 is 9.53 Å². The smallest absolute Gasteiger partial charge is 0.272 e. The Kier molecular flexibility index (Phi) is 5.04. The Bertz CT molecular complexity index is 894. The van der Waals surface area contributed by atoms with Crippen molar-refractivity contribution in [1.82, 2.24) is 19.5 Å². The molecule has 2 aromatic heterocycles. The average Bonchev–Trinajstić information content (AvgIpc) is 3.39. The number of amides is 1. The van der Waals surface area contributed by atoms with Crippen LogP contribution < -0.4 is 5.56 Å². The Labute approximate surface area is 158 Å². The van der Waals surface area contributed by atoms with Crippen LogP contribution in [0, 0.1) is 6.92 Å². The molecule has 2 atom stereocenters. The highest BCUT2D eigenvalue weighted by molar-refractivity contribution is 5.76. The molecule has 27 heavy (non-hydrogen) atoms. The second-order valence-electron chi connectivity index (χ2n) is 7.75. The summed E-state index contributed by atoms with van der Waals surface area (Å²) in [6, 6.07) is 1.62. The number of fused-ring (bicyclic) bond motifs is 1. The Morgan fingerprint density at radius 2 is 2.26 bits per heavy atom. The van der Waals surface area contributed by atoms with E-state index in [1.165, 1.54) is 4.52 Å². The fourth-order valence-electron chi connectivity index (χ4n) is 4.39. The molecule has 7 nitrogen and oxygen atoms in total. The van der Waals surface area contributed by atoms with E-state index in [1.54, 1.807) is 6.07 Å². The lowest BCUT2D eigenvalue weighted by molar-refractivity contribution is -0.130. The summed E-state index contributed by atoms with van der Waals surface area (Å²) >= 11 is 0. The third-order valence-corrected chi connectivity index (χ3v) is 5.96. The summed E-state index contributed by atoms with van der Waals surface area (Å²) in [4.78, 5) is 31.8. The van der Waals surface area contributed by atoms with Crippen LogP contribution in [0.15, 0.2) is 10.9 Å². The number of rotatable bonds is 5. The largest absolute Gasteiger partial charge is 0.378 e. The zero-order valence-electron chi connectivity index (χ0n) is 16.2. The molecule has 0 spiro atoms. The van der Waals surface area contributed by atoms with Crippen LogP contribution in [0.25, 0.3) is 5.65 Å². The topological polar surface area (TPSA) is 79.7 Å². The zero-order valence-corrected chi connectivity index (χ0v) is 16.2. The fraction of sp³-hybridized carbons (Fsp3) is 0.650. The number of aryl methyl sites for hydroxylation is 2. The maximum Gasteiger partial charge on any atom is 0.272 e. The third kappa shape index (κ3) is 3.52. The summed E-state index contributed by atoms with van der Waals surface area (Å²) in [6.45, 7) is 6.25. The fourth-order valence-corrected chi connectivity index (χ4v) is 4.39. The highest BCUT2D eigenvalue weighted by Gasteiger charge is 2.29. The lowest BCUT2D eigenvalue weighted by Gasteiger charge is -2.17.